The minimum Gasteiger partial charge on any atom is -0.480 e. The Morgan fingerprint density at radius 3 is 2.89 bits per heavy atom. The molecule has 18 heavy (non-hydrogen) atoms. The van der Waals surface area contributed by atoms with E-state index in [0.29, 0.717) is 19.3 Å². The molecule has 0 saturated carbocycles. The van der Waals surface area contributed by atoms with E-state index in [-0.39, 0.29) is 5.82 Å². The van der Waals surface area contributed by atoms with Gasteiger partial charge in [-0.1, -0.05) is 12.1 Å². The third kappa shape index (κ3) is 2.88. The minimum absolute atomic E-state index is 0.270. The van der Waals surface area contributed by atoms with E-state index in [9.17, 15) is 14.3 Å². The second-order valence-corrected chi connectivity index (χ2v) is 4.90. The van der Waals surface area contributed by atoms with E-state index >= 15 is 0 Å². The van der Waals surface area contributed by atoms with Crippen molar-refractivity contribution in [3.63, 3.8) is 0 Å². The predicted molar refractivity (Wildman–Crippen MR) is 66.9 cm³/mol. The van der Waals surface area contributed by atoms with Crippen molar-refractivity contribution >= 4 is 5.97 Å². The Morgan fingerprint density at radius 2 is 2.28 bits per heavy atom. The number of hydrogen-bond acceptors (Lipinski definition) is 2. The molecule has 4 heteroatoms. The second-order valence-electron chi connectivity index (χ2n) is 4.90. The zero-order valence-corrected chi connectivity index (χ0v) is 10.3. The maximum absolute atomic E-state index is 13.1. The van der Waals surface area contributed by atoms with Crippen molar-refractivity contribution in [1.82, 2.24) is 5.32 Å². The van der Waals surface area contributed by atoms with Crippen molar-refractivity contribution in [1.29, 1.82) is 0 Å². The molecule has 1 aromatic rings. The Morgan fingerprint density at radius 1 is 1.44 bits per heavy atom. The van der Waals surface area contributed by atoms with Crippen molar-refractivity contribution in [3.05, 3.63) is 35.6 Å². The van der Waals surface area contributed by atoms with Gasteiger partial charge in [0.05, 0.1) is 0 Å². The van der Waals surface area contributed by atoms with Gasteiger partial charge in [0.25, 0.3) is 0 Å². The molecule has 0 spiro atoms. The van der Waals surface area contributed by atoms with Gasteiger partial charge in [-0.05, 0) is 56.3 Å². The number of aliphatic carboxylic acids is 1. The monoisotopic (exact) mass is 251 g/mol. The molecule has 0 amide bonds. The summed E-state index contributed by atoms with van der Waals surface area (Å²) in [5.41, 5.74) is 0.0212. The van der Waals surface area contributed by atoms with E-state index in [1.165, 1.54) is 12.1 Å². The van der Waals surface area contributed by atoms with Crippen LogP contribution < -0.4 is 5.32 Å². The third-order valence-corrected chi connectivity index (χ3v) is 3.63. The average molecular weight is 251 g/mol. The molecule has 2 rings (SSSR count). The largest absolute Gasteiger partial charge is 0.480 e. The number of halogens is 1. The normalized spacial score (nSPS) is 23.8. The van der Waals surface area contributed by atoms with Gasteiger partial charge in [-0.25, -0.2) is 4.39 Å². The molecule has 2 N–H and O–H groups in total. The number of piperidine rings is 1. The summed E-state index contributed by atoms with van der Waals surface area (Å²) in [6.07, 6.45) is 3.69. The summed E-state index contributed by atoms with van der Waals surface area (Å²) in [7, 11) is 0. The summed E-state index contributed by atoms with van der Waals surface area (Å²) in [5, 5.41) is 12.5. The summed E-state index contributed by atoms with van der Waals surface area (Å²) < 4.78 is 13.1. The fraction of sp³-hybridized carbons (Fsp3) is 0.500. The maximum atomic E-state index is 13.1. The molecule has 1 heterocycles. The zero-order valence-electron chi connectivity index (χ0n) is 10.3. The van der Waals surface area contributed by atoms with Crippen LogP contribution in [0, 0.1) is 5.82 Å². The highest BCUT2D eigenvalue weighted by molar-refractivity contribution is 5.79. The van der Waals surface area contributed by atoms with Gasteiger partial charge in [-0.3, -0.25) is 4.79 Å². The van der Waals surface area contributed by atoms with Gasteiger partial charge in [0, 0.05) is 0 Å². The molecule has 0 bridgehead atoms. The van der Waals surface area contributed by atoms with Gasteiger partial charge in [-0.15, -0.1) is 0 Å². The van der Waals surface area contributed by atoms with Gasteiger partial charge in [0.2, 0.25) is 0 Å². The number of carboxylic acids is 1. The number of hydrogen-bond donors (Lipinski definition) is 2. The van der Waals surface area contributed by atoms with Gasteiger partial charge in [0.1, 0.15) is 11.4 Å². The fourth-order valence-electron chi connectivity index (χ4n) is 2.52. The fourth-order valence-corrected chi connectivity index (χ4v) is 2.52. The quantitative estimate of drug-likeness (QED) is 0.863. The number of carboxylic acid groups (broad SMARTS) is 1. The topological polar surface area (TPSA) is 49.3 Å². The predicted octanol–water partition coefficient (Wildman–Crippen LogP) is 2.36. The molecule has 1 aromatic carbocycles. The molecule has 0 radical (unpaired) electrons. The number of nitrogens with one attached hydrogen (secondary N) is 1. The molecule has 1 atom stereocenters. The highest BCUT2D eigenvalue weighted by Crippen LogP contribution is 2.25. The molecule has 1 aliphatic heterocycles. The van der Waals surface area contributed by atoms with E-state index in [4.69, 9.17) is 0 Å². The van der Waals surface area contributed by atoms with Crippen LogP contribution in [0.4, 0.5) is 4.39 Å². The molecule has 1 aliphatic rings. The molecule has 0 aromatic heterocycles. The summed E-state index contributed by atoms with van der Waals surface area (Å²) in [6.45, 7) is 0.745. The summed E-state index contributed by atoms with van der Waals surface area (Å²) in [6, 6.07) is 6.36. The van der Waals surface area contributed by atoms with E-state index in [2.05, 4.69) is 5.32 Å². The lowest BCUT2D eigenvalue weighted by atomic mass is 9.83. The molecule has 98 valence electrons. The van der Waals surface area contributed by atoms with Crippen molar-refractivity contribution in [2.24, 2.45) is 0 Å². The first-order valence-corrected chi connectivity index (χ1v) is 6.35. The Bertz CT molecular complexity index is 428. The zero-order chi connectivity index (χ0) is 13.0. The SMILES string of the molecule is O=C(O)C1(CCc2cccc(F)c2)CCCCN1. The maximum Gasteiger partial charge on any atom is 0.323 e. The van der Waals surface area contributed by atoms with Crippen LogP contribution in [0.5, 0.6) is 0 Å². The first-order valence-electron chi connectivity index (χ1n) is 6.35. The number of benzene rings is 1. The Kier molecular flexibility index (Phi) is 3.97. The van der Waals surface area contributed by atoms with E-state index < -0.39 is 11.5 Å². The lowest BCUT2D eigenvalue weighted by Gasteiger charge is -2.34. The summed E-state index contributed by atoms with van der Waals surface area (Å²) in [4.78, 5) is 11.4. The van der Waals surface area contributed by atoms with Gasteiger partial charge >= 0.3 is 5.97 Å². The summed E-state index contributed by atoms with van der Waals surface area (Å²) in [5.74, 6) is -1.06. The van der Waals surface area contributed by atoms with E-state index in [1.54, 1.807) is 6.07 Å². The lowest BCUT2D eigenvalue weighted by Crippen LogP contribution is -2.54. The molecule has 0 aliphatic carbocycles. The van der Waals surface area contributed by atoms with Crippen molar-refractivity contribution in [2.75, 3.05) is 6.54 Å². The van der Waals surface area contributed by atoms with Crippen LogP contribution in [0.25, 0.3) is 0 Å². The first-order chi connectivity index (χ1) is 8.62. The van der Waals surface area contributed by atoms with Gasteiger partial charge in [-0.2, -0.15) is 0 Å². The molecule has 1 unspecified atom stereocenters. The van der Waals surface area contributed by atoms with Gasteiger partial charge < -0.3 is 10.4 Å². The van der Waals surface area contributed by atoms with Crippen LogP contribution in [0.15, 0.2) is 24.3 Å². The van der Waals surface area contributed by atoms with Crippen LogP contribution in [0.3, 0.4) is 0 Å². The van der Waals surface area contributed by atoms with Crippen LogP contribution in [0.2, 0.25) is 0 Å². The first kappa shape index (κ1) is 13.0. The highest BCUT2D eigenvalue weighted by atomic mass is 19.1. The minimum atomic E-state index is -0.829. The average Bonchev–Trinajstić information content (AvgIpc) is 2.37. The van der Waals surface area contributed by atoms with Crippen molar-refractivity contribution in [2.45, 2.75) is 37.6 Å². The Labute approximate surface area is 106 Å². The molecule has 1 fully saturated rings. The van der Waals surface area contributed by atoms with E-state index in [1.807, 2.05) is 6.07 Å². The van der Waals surface area contributed by atoms with Crippen molar-refractivity contribution in [3.8, 4) is 0 Å². The molecule has 1 saturated heterocycles. The molecular weight excluding hydrogens is 233 g/mol. The van der Waals surface area contributed by atoms with Gasteiger partial charge in [0.15, 0.2) is 0 Å². The van der Waals surface area contributed by atoms with Crippen LogP contribution in [-0.2, 0) is 11.2 Å². The molecule has 3 nitrogen and oxygen atoms in total. The highest BCUT2D eigenvalue weighted by Gasteiger charge is 2.38. The third-order valence-electron chi connectivity index (χ3n) is 3.63. The second kappa shape index (κ2) is 5.48. The van der Waals surface area contributed by atoms with Crippen molar-refractivity contribution < 1.29 is 14.3 Å². The number of rotatable bonds is 4. The summed E-state index contributed by atoms with van der Waals surface area (Å²) >= 11 is 0. The lowest BCUT2D eigenvalue weighted by molar-refractivity contribution is -0.146. The van der Waals surface area contributed by atoms with Crippen LogP contribution >= 0.6 is 0 Å². The standard InChI is InChI=1S/C14H18FNO2/c15-12-5-3-4-11(10-12)6-8-14(13(17)18)7-1-2-9-16-14/h3-5,10,16H,1-2,6-9H2,(H,17,18). The van der Waals surface area contributed by atoms with Crippen LogP contribution in [0.1, 0.15) is 31.2 Å². The molecular formula is C14H18FNO2. The van der Waals surface area contributed by atoms with E-state index in [0.717, 1.165) is 24.9 Å². The Balaban J connectivity index is 2.04. The Hall–Kier alpha value is -1.42. The smallest absolute Gasteiger partial charge is 0.323 e. The van der Waals surface area contributed by atoms with Crippen LogP contribution in [-0.4, -0.2) is 23.2 Å². The number of aryl methyl sites for hydroxylation is 1. The number of carbonyl (C=O) groups is 1.